The molecule has 0 radical (unpaired) electrons. The summed E-state index contributed by atoms with van der Waals surface area (Å²) < 4.78 is 29.8. The van der Waals surface area contributed by atoms with E-state index in [9.17, 15) is 8.78 Å². The van der Waals surface area contributed by atoms with Gasteiger partial charge in [-0.3, -0.25) is 4.90 Å². The number of hydrogen-bond donors (Lipinski definition) is 1. The highest BCUT2D eigenvalue weighted by Gasteiger charge is 2.12. The van der Waals surface area contributed by atoms with Crippen LogP contribution in [0.3, 0.4) is 0 Å². The number of aliphatic hydroxyl groups is 1. The fourth-order valence-corrected chi connectivity index (χ4v) is 2.02. The van der Waals surface area contributed by atoms with Crippen LogP contribution >= 0.6 is 15.9 Å². The molecular weight excluding hydrogens is 308 g/mol. The monoisotopic (exact) mass is 323 g/mol. The molecule has 0 saturated carbocycles. The second-order valence-corrected chi connectivity index (χ2v) is 4.64. The van der Waals surface area contributed by atoms with Gasteiger partial charge in [-0.2, -0.15) is 8.78 Å². The molecule has 0 heterocycles. The van der Waals surface area contributed by atoms with Gasteiger partial charge in [-0.15, -0.1) is 0 Å². The lowest BCUT2D eigenvalue weighted by Gasteiger charge is -2.21. The van der Waals surface area contributed by atoms with Crippen LogP contribution in [0.15, 0.2) is 22.7 Å². The highest BCUT2D eigenvalue weighted by Crippen LogP contribution is 2.26. The van der Waals surface area contributed by atoms with Crippen LogP contribution in [0, 0.1) is 0 Å². The molecule has 0 aromatic heterocycles. The van der Waals surface area contributed by atoms with Gasteiger partial charge < -0.3 is 9.84 Å². The van der Waals surface area contributed by atoms with Gasteiger partial charge in [-0.05, 0) is 24.7 Å². The Bertz CT molecular complexity index is 377. The lowest BCUT2D eigenvalue weighted by atomic mass is 10.2. The Balaban J connectivity index is 2.86. The van der Waals surface area contributed by atoms with Crippen LogP contribution in [0.1, 0.15) is 12.5 Å². The molecule has 0 unspecified atom stereocenters. The van der Waals surface area contributed by atoms with Crippen molar-refractivity contribution >= 4 is 15.9 Å². The summed E-state index contributed by atoms with van der Waals surface area (Å²) in [6.45, 7) is 0.822. The lowest BCUT2D eigenvalue weighted by molar-refractivity contribution is -0.0508. The van der Waals surface area contributed by atoms with E-state index < -0.39 is 6.61 Å². The van der Waals surface area contributed by atoms with E-state index in [0.717, 1.165) is 11.0 Å². The standard InChI is InChI=1S/C12H16BrF2NO2/c1-2-16(5-6-17)8-9-7-10(13)3-4-11(9)18-12(14)15/h3-4,7,12,17H,2,5-6,8H2,1H3. The first-order chi connectivity index (χ1) is 8.56. The number of hydrogen-bond acceptors (Lipinski definition) is 3. The predicted octanol–water partition coefficient (Wildman–Crippen LogP) is 2.86. The molecule has 0 fully saturated rings. The Morgan fingerprint density at radius 1 is 1.44 bits per heavy atom. The Kier molecular flexibility index (Phi) is 6.52. The summed E-state index contributed by atoms with van der Waals surface area (Å²) in [5.74, 6) is 0.171. The van der Waals surface area contributed by atoms with E-state index in [4.69, 9.17) is 5.11 Å². The summed E-state index contributed by atoms with van der Waals surface area (Å²) in [5.41, 5.74) is 0.667. The maximum Gasteiger partial charge on any atom is 0.387 e. The number of nitrogens with zero attached hydrogens (tertiary/aromatic N) is 1. The molecule has 0 atom stereocenters. The van der Waals surface area contributed by atoms with Gasteiger partial charge in [0.2, 0.25) is 0 Å². The molecule has 18 heavy (non-hydrogen) atoms. The molecule has 0 spiro atoms. The summed E-state index contributed by atoms with van der Waals surface area (Å²) in [4.78, 5) is 1.94. The van der Waals surface area contributed by atoms with Crippen LogP contribution in [-0.2, 0) is 6.54 Å². The largest absolute Gasteiger partial charge is 0.434 e. The van der Waals surface area contributed by atoms with E-state index in [2.05, 4.69) is 20.7 Å². The van der Waals surface area contributed by atoms with Crippen molar-refractivity contribution in [2.75, 3.05) is 19.7 Å². The van der Waals surface area contributed by atoms with Gasteiger partial charge in [0, 0.05) is 23.1 Å². The molecule has 0 aliphatic carbocycles. The number of rotatable bonds is 7. The molecule has 3 nitrogen and oxygen atoms in total. The van der Waals surface area contributed by atoms with E-state index in [1.165, 1.54) is 6.07 Å². The van der Waals surface area contributed by atoms with E-state index in [1.807, 2.05) is 11.8 Å². The molecule has 0 amide bonds. The molecule has 1 N–H and O–H groups in total. The van der Waals surface area contributed by atoms with Crippen molar-refractivity contribution in [1.82, 2.24) is 4.90 Å². The maximum absolute atomic E-state index is 12.3. The molecule has 1 aromatic carbocycles. The molecule has 0 saturated heterocycles. The minimum Gasteiger partial charge on any atom is -0.434 e. The highest BCUT2D eigenvalue weighted by atomic mass is 79.9. The Hall–Kier alpha value is -0.720. The third kappa shape index (κ3) is 4.88. The van der Waals surface area contributed by atoms with Crippen LogP contribution in [0.2, 0.25) is 0 Å². The van der Waals surface area contributed by atoms with Gasteiger partial charge in [0.1, 0.15) is 5.75 Å². The molecule has 1 rings (SSSR count). The molecular formula is C12H16BrF2NO2. The van der Waals surface area contributed by atoms with Crippen LogP contribution in [0.4, 0.5) is 8.78 Å². The fourth-order valence-electron chi connectivity index (χ4n) is 1.61. The highest BCUT2D eigenvalue weighted by molar-refractivity contribution is 9.10. The quantitative estimate of drug-likeness (QED) is 0.837. The van der Waals surface area contributed by atoms with Gasteiger partial charge in [-0.25, -0.2) is 0 Å². The summed E-state index contributed by atoms with van der Waals surface area (Å²) >= 11 is 3.30. The third-order valence-corrected chi connectivity index (χ3v) is 2.99. The number of ether oxygens (including phenoxy) is 1. The van der Waals surface area contributed by atoms with Crippen molar-refractivity contribution in [1.29, 1.82) is 0 Å². The Morgan fingerprint density at radius 2 is 2.17 bits per heavy atom. The van der Waals surface area contributed by atoms with Crippen LogP contribution < -0.4 is 4.74 Å². The van der Waals surface area contributed by atoms with E-state index in [-0.39, 0.29) is 12.4 Å². The number of likely N-dealkylation sites (N-methyl/N-ethyl adjacent to an activating group) is 1. The minimum atomic E-state index is -2.84. The first-order valence-electron chi connectivity index (χ1n) is 5.63. The number of alkyl halides is 2. The number of benzene rings is 1. The van der Waals surface area contributed by atoms with Gasteiger partial charge in [0.25, 0.3) is 0 Å². The number of aliphatic hydroxyl groups excluding tert-OH is 1. The third-order valence-electron chi connectivity index (χ3n) is 2.50. The second kappa shape index (κ2) is 7.66. The minimum absolute atomic E-state index is 0.0346. The molecule has 0 bridgehead atoms. The Labute approximate surface area is 113 Å². The van der Waals surface area contributed by atoms with Crippen molar-refractivity contribution in [3.05, 3.63) is 28.2 Å². The second-order valence-electron chi connectivity index (χ2n) is 3.72. The van der Waals surface area contributed by atoms with Crippen LogP contribution in [-0.4, -0.2) is 36.3 Å². The zero-order valence-electron chi connectivity index (χ0n) is 10.1. The van der Waals surface area contributed by atoms with Crippen molar-refractivity contribution in [3.63, 3.8) is 0 Å². The molecule has 102 valence electrons. The average Bonchev–Trinajstić information content (AvgIpc) is 2.31. The van der Waals surface area contributed by atoms with Gasteiger partial charge in [0.15, 0.2) is 0 Å². The predicted molar refractivity (Wildman–Crippen MR) is 68.8 cm³/mol. The summed E-state index contributed by atoms with van der Waals surface area (Å²) in [7, 11) is 0. The van der Waals surface area contributed by atoms with Crippen LogP contribution in [0.5, 0.6) is 5.75 Å². The number of halogens is 3. The zero-order chi connectivity index (χ0) is 13.5. The first-order valence-corrected chi connectivity index (χ1v) is 6.42. The summed E-state index contributed by atoms with van der Waals surface area (Å²) in [5, 5.41) is 8.91. The lowest BCUT2D eigenvalue weighted by Crippen LogP contribution is -2.26. The van der Waals surface area contributed by atoms with Crippen LogP contribution in [0.25, 0.3) is 0 Å². The molecule has 6 heteroatoms. The SMILES string of the molecule is CCN(CCO)Cc1cc(Br)ccc1OC(F)F. The smallest absolute Gasteiger partial charge is 0.387 e. The molecule has 0 aliphatic rings. The summed E-state index contributed by atoms with van der Waals surface area (Å²) in [6.07, 6.45) is 0. The topological polar surface area (TPSA) is 32.7 Å². The molecule has 0 aliphatic heterocycles. The normalized spacial score (nSPS) is 11.3. The zero-order valence-corrected chi connectivity index (χ0v) is 11.7. The van der Waals surface area contributed by atoms with E-state index in [0.29, 0.717) is 18.7 Å². The van der Waals surface area contributed by atoms with Gasteiger partial charge in [0.05, 0.1) is 6.61 Å². The van der Waals surface area contributed by atoms with E-state index >= 15 is 0 Å². The first kappa shape index (κ1) is 15.3. The van der Waals surface area contributed by atoms with Gasteiger partial charge in [-0.1, -0.05) is 22.9 Å². The van der Waals surface area contributed by atoms with Crippen molar-refractivity contribution in [3.8, 4) is 5.75 Å². The van der Waals surface area contributed by atoms with Gasteiger partial charge >= 0.3 is 6.61 Å². The van der Waals surface area contributed by atoms with Crippen molar-refractivity contribution < 1.29 is 18.6 Å². The maximum atomic E-state index is 12.3. The summed E-state index contributed by atoms with van der Waals surface area (Å²) in [6, 6.07) is 4.92. The van der Waals surface area contributed by atoms with Crippen molar-refractivity contribution in [2.45, 2.75) is 20.1 Å². The van der Waals surface area contributed by atoms with E-state index in [1.54, 1.807) is 12.1 Å². The average molecular weight is 324 g/mol. The Morgan fingerprint density at radius 3 is 2.72 bits per heavy atom. The molecule has 1 aromatic rings. The van der Waals surface area contributed by atoms with Crippen molar-refractivity contribution in [2.24, 2.45) is 0 Å². The fraction of sp³-hybridized carbons (Fsp3) is 0.500.